The molecule has 1 aromatic carbocycles. The Labute approximate surface area is 208 Å². The zero-order valence-corrected chi connectivity index (χ0v) is 21.6. The maximum absolute atomic E-state index is 13.0. The summed E-state index contributed by atoms with van der Waals surface area (Å²) in [6.07, 6.45) is 11.0. The molecule has 0 saturated heterocycles. The van der Waals surface area contributed by atoms with Gasteiger partial charge < -0.3 is 9.84 Å². The van der Waals surface area contributed by atoms with Crippen LogP contribution in [0.5, 0.6) is 0 Å². The largest absolute Gasteiger partial charge is 0.469 e. The van der Waals surface area contributed by atoms with Crippen LogP contribution in [0.15, 0.2) is 36.5 Å². The maximum atomic E-state index is 13.0. The van der Waals surface area contributed by atoms with Crippen molar-refractivity contribution in [3.63, 3.8) is 0 Å². The minimum Gasteiger partial charge on any atom is -0.469 e. The SMILES string of the molecule is COC(=O)[C@]1(C)CCC[C@@]2(C)[C@@H]3CC[C@@]4(C)C[C@]3(CC[C@@H]21)C[C@]4(O)c1cn(-c2ccccc2)nn1. The number of para-hydroxylation sites is 1. The highest BCUT2D eigenvalue weighted by Gasteiger charge is 2.72. The molecule has 1 N–H and O–H groups in total. The van der Waals surface area contributed by atoms with Crippen molar-refractivity contribution in [1.82, 2.24) is 15.0 Å². The van der Waals surface area contributed by atoms with Crippen molar-refractivity contribution in [2.24, 2.45) is 33.5 Å². The fourth-order valence-electron chi connectivity index (χ4n) is 9.85. The van der Waals surface area contributed by atoms with Gasteiger partial charge in [-0.2, -0.15) is 0 Å². The second-order valence-corrected chi connectivity index (χ2v) is 13.0. The summed E-state index contributed by atoms with van der Waals surface area (Å²) in [5.41, 5.74) is 0.220. The molecule has 4 saturated carbocycles. The Morgan fingerprint density at radius 1 is 1.03 bits per heavy atom. The molecule has 1 spiro atoms. The van der Waals surface area contributed by atoms with Gasteiger partial charge in [-0.15, -0.1) is 5.10 Å². The van der Waals surface area contributed by atoms with E-state index in [4.69, 9.17) is 4.74 Å². The van der Waals surface area contributed by atoms with Crippen LogP contribution in [0.3, 0.4) is 0 Å². The zero-order valence-electron chi connectivity index (χ0n) is 21.6. The number of ether oxygens (including phenoxy) is 1. The highest BCUT2D eigenvalue weighted by atomic mass is 16.5. The van der Waals surface area contributed by atoms with Crippen LogP contribution >= 0.6 is 0 Å². The Balaban J connectivity index is 1.36. The molecule has 4 aliphatic rings. The fourth-order valence-corrected chi connectivity index (χ4v) is 9.85. The number of fused-ring (bicyclic) bond motifs is 3. The van der Waals surface area contributed by atoms with E-state index < -0.39 is 11.0 Å². The zero-order chi connectivity index (χ0) is 24.7. The number of aliphatic hydroxyl groups is 1. The minimum absolute atomic E-state index is 0.0366. The Hall–Kier alpha value is -2.21. The summed E-state index contributed by atoms with van der Waals surface area (Å²) in [5.74, 6) is 0.804. The Kier molecular flexibility index (Phi) is 4.91. The molecule has 35 heavy (non-hydrogen) atoms. The number of rotatable bonds is 3. The van der Waals surface area contributed by atoms with Crippen LogP contribution in [0.25, 0.3) is 5.69 Å². The number of methoxy groups -OCH3 is 1. The van der Waals surface area contributed by atoms with E-state index in [9.17, 15) is 9.90 Å². The molecule has 0 radical (unpaired) electrons. The predicted octanol–water partition coefficient (Wildman–Crippen LogP) is 5.43. The minimum atomic E-state index is -0.988. The summed E-state index contributed by atoms with van der Waals surface area (Å²) in [6, 6.07) is 9.99. The lowest BCUT2D eigenvalue weighted by Crippen LogP contribution is -2.58. The monoisotopic (exact) mass is 477 g/mol. The number of benzene rings is 1. The average Bonchev–Trinajstić information content (AvgIpc) is 3.39. The lowest BCUT2D eigenvalue weighted by atomic mass is 9.40. The van der Waals surface area contributed by atoms with Gasteiger partial charge in [0.1, 0.15) is 11.3 Å². The van der Waals surface area contributed by atoms with Crippen molar-refractivity contribution in [3.05, 3.63) is 42.2 Å². The lowest BCUT2D eigenvalue weighted by Gasteiger charge is -2.64. The first-order valence-electron chi connectivity index (χ1n) is 13.4. The van der Waals surface area contributed by atoms with Gasteiger partial charge in [-0.05, 0) is 93.1 Å². The van der Waals surface area contributed by atoms with Crippen molar-refractivity contribution in [3.8, 4) is 5.69 Å². The van der Waals surface area contributed by atoms with Gasteiger partial charge in [0.25, 0.3) is 0 Å². The number of hydrogen-bond acceptors (Lipinski definition) is 5. The van der Waals surface area contributed by atoms with Gasteiger partial charge in [-0.25, -0.2) is 4.68 Å². The lowest BCUT2D eigenvalue weighted by molar-refractivity contribution is -0.185. The van der Waals surface area contributed by atoms with E-state index in [1.165, 1.54) is 7.11 Å². The van der Waals surface area contributed by atoms with Crippen LogP contribution in [0.4, 0.5) is 0 Å². The highest BCUT2D eigenvalue weighted by molar-refractivity contribution is 5.77. The number of hydrogen-bond donors (Lipinski definition) is 1. The molecule has 4 aliphatic carbocycles. The molecule has 6 rings (SSSR count). The van der Waals surface area contributed by atoms with Crippen molar-refractivity contribution >= 4 is 5.97 Å². The number of aromatic nitrogens is 3. The van der Waals surface area contributed by atoms with Crippen LogP contribution < -0.4 is 0 Å². The topological polar surface area (TPSA) is 77.2 Å². The van der Waals surface area contributed by atoms with Crippen molar-refractivity contribution in [2.75, 3.05) is 7.11 Å². The second kappa shape index (κ2) is 7.41. The first kappa shape index (κ1) is 23.2. The summed E-state index contributed by atoms with van der Waals surface area (Å²) in [5, 5.41) is 21.4. The molecule has 0 amide bonds. The molecular formula is C29H39N3O3. The summed E-state index contributed by atoms with van der Waals surface area (Å²) in [7, 11) is 1.54. The molecule has 1 heterocycles. The average molecular weight is 478 g/mol. The highest BCUT2D eigenvalue weighted by Crippen LogP contribution is 2.77. The summed E-state index contributed by atoms with van der Waals surface area (Å²) in [4.78, 5) is 13.0. The van der Waals surface area contributed by atoms with E-state index in [0.717, 1.165) is 63.5 Å². The molecule has 2 aromatic rings. The van der Waals surface area contributed by atoms with E-state index >= 15 is 0 Å². The summed E-state index contributed by atoms with van der Waals surface area (Å²) < 4.78 is 7.12. The molecule has 2 bridgehead atoms. The van der Waals surface area contributed by atoms with Crippen molar-refractivity contribution in [2.45, 2.75) is 84.2 Å². The molecule has 7 atom stereocenters. The van der Waals surface area contributed by atoms with Gasteiger partial charge >= 0.3 is 5.97 Å². The predicted molar refractivity (Wildman–Crippen MR) is 133 cm³/mol. The molecule has 188 valence electrons. The molecule has 4 fully saturated rings. The van der Waals surface area contributed by atoms with Crippen LogP contribution in [-0.2, 0) is 15.1 Å². The van der Waals surface area contributed by atoms with Crippen LogP contribution in [0, 0.1) is 33.5 Å². The molecule has 1 aromatic heterocycles. The third kappa shape index (κ3) is 2.95. The van der Waals surface area contributed by atoms with Gasteiger partial charge in [-0.1, -0.05) is 43.7 Å². The van der Waals surface area contributed by atoms with Crippen LogP contribution in [-0.4, -0.2) is 33.2 Å². The molecular weight excluding hydrogens is 438 g/mol. The third-order valence-corrected chi connectivity index (χ3v) is 11.4. The molecule has 0 unspecified atom stereocenters. The van der Waals surface area contributed by atoms with Gasteiger partial charge in [0.05, 0.1) is 24.4 Å². The van der Waals surface area contributed by atoms with Gasteiger partial charge in [0.15, 0.2) is 0 Å². The maximum Gasteiger partial charge on any atom is 0.311 e. The van der Waals surface area contributed by atoms with Crippen molar-refractivity contribution < 1.29 is 14.6 Å². The van der Waals surface area contributed by atoms with E-state index in [-0.39, 0.29) is 22.2 Å². The van der Waals surface area contributed by atoms with Gasteiger partial charge in [0, 0.05) is 5.41 Å². The number of carbonyl (C=O) groups excluding carboxylic acids is 1. The Bertz CT molecular complexity index is 1150. The van der Waals surface area contributed by atoms with E-state index in [1.54, 1.807) is 4.68 Å². The normalized spacial score (nSPS) is 44.4. The smallest absolute Gasteiger partial charge is 0.311 e. The quantitative estimate of drug-likeness (QED) is 0.597. The molecule has 6 nitrogen and oxygen atoms in total. The Morgan fingerprint density at radius 2 is 1.77 bits per heavy atom. The first-order valence-corrected chi connectivity index (χ1v) is 13.4. The van der Waals surface area contributed by atoms with E-state index in [1.807, 2.05) is 36.5 Å². The summed E-state index contributed by atoms with van der Waals surface area (Å²) in [6.45, 7) is 6.88. The first-order chi connectivity index (χ1) is 16.6. The van der Waals surface area contributed by atoms with E-state index in [2.05, 4.69) is 31.1 Å². The van der Waals surface area contributed by atoms with Crippen molar-refractivity contribution in [1.29, 1.82) is 0 Å². The molecule has 6 heteroatoms. The fraction of sp³-hybridized carbons (Fsp3) is 0.690. The standard InChI is InChI=1S/C29H39N3O3/c1-25-15-11-22-26(2)13-8-14-27(3,24(33)35-4)21(26)12-16-28(22,18-25)19-29(25,34)23-17-32(31-30-23)20-9-6-5-7-10-20/h5-7,9-10,17,21-22,34H,8,11-16,18-19H2,1-4H3/t21-,22-,25-,26+,27+,28+,29-/m0/s1. The number of carbonyl (C=O) groups is 1. The van der Waals surface area contributed by atoms with Crippen LogP contribution in [0.1, 0.15) is 84.3 Å². The number of esters is 1. The second-order valence-electron chi connectivity index (χ2n) is 13.0. The number of nitrogens with zero attached hydrogens (tertiary/aromatic N) is 3. The van der Waals surface area contributed by atoms with Gasteiger partial charge in [-0.3, -0.25) is 4.79 Å². The molecule has 0 aliphatic heterocycles. The van der Waals surface area contributed by atoms with Gasteiger partial charge in [0.2, 0.25) is 0 Å². The van der Waals surface area contributed by atoms with E-state index in [0.29, 0.717) is 17.5 Å². The Morgan fingerprint density at radius 3 is 2.51 bits per heavy atom. The summed E-state index contributed by atoms with van der Waals surface area (Å²) >= 11 is 0. The van der Waals surface area contributed by atoms with Crippen LogP contribution in [0.2, 0.25) is 0 Å². The third-order valence-electron chi connectivity index (χ3n) is 11.4.